The van der Waals surface area contributed by atoms with E-state index in [1.165, 1.54) is 0 Å². The number of carbonyl (C=O) groups excluding carboxylic acids is 1. The highest BCUT2D eigenvalue weighted by Crippen LogP contribution is 2.49. The summed E-state index contributed by atoms with van der Waals surface area (Å²) in [7, 11) is 1.63. The number of hydrogen-bond donors (Lipinski definition) is 1. The van der Waals surface area contributed by atoms with Crippen LogP contribution in [0.15, 0.2) is 24.3 Å². The third kappa shape index (κ3) is 2.93. The van der Waals surface area contributed by atoms with Crippen molar-refractivity contribution < 1.29 is 19.4 Å². The van der Waals surface area contributed by atoms with Gasteiger partial charge in [-0.05, 0) is 42.9 Å². The standard InChI is InChI=1S/C17H21NO4/c1-22-13-6-4-11(5-7-13)14-9-15(14)16(19)18-8-2-3-12(10-18)17(20)21/h4-7,12,14-15H,2-3,8-10H2,1H3,(H,20,21). The maximum absolute atomic E-state index is 12.5. The summed E-state index contributed by atoms with van der Waals surface area (Å²) in [6, 6.07) is 7.84. The van der Waals surface area contributed by atoms with Crippen LogP contribution >= 0.6 is 0 Å². The fraction of sp³-hybridized carbons (Fsp3) is 0.529. The quantitative estimate of drug-likeness (QED) is 0.925. The van der Waals surface area contributed by atoms with Gasteiger partial charge in [0.15, 0.2) is 0 Å². The first-order chi connectivity index (χ1) is 10.6. The Hall–Kier alpha value is -2.04. The number of nitrogens with zero attached hydrogens (tertiary/aromatic N) is 1. The Bertz CT molecular complexity index is 569. The highest BCUT2D eigenvalue weighted by molar-refractivity contribution is 5.84. The second-order valence-electron chi connectivity index (χ2n) is 6.18. The van der Waals surface area contributed by atoms with Crippen LogP contribution in [0.4, 0.5) is 0 Å². The monoisotopic (exact) mass is 303 g/mol. The molecule has 0 aromatic heterocycles. The fourth-order valence-corrected chi connectivity index (χ4v) is 3.30. The number of carboxylic acids is 1. The van der Waals surface area contributed by atoms with Crippen molar-refractivity contribution in [2.75, 3.05) is 20.2 Å². The van der Waals surface area contributed by atoms with Crippen LogP contribution in [0.1, 0.15) is 30.7 Å². The van der Waals surface area contributed by atoms with Gasteiger partial charge < -0.3 is 14.7 Å². The van der Waals surface area contributed by atoms with Crippen molar-refractivity contribution in [1.29, 1.82) is 0 Å². The second-order valence-corrected chi connectivity index (χ2v) is 6.18. The molecule has 3 unspecified atom stereocenters. The summed E-state index contributed by atoms with van der Waals surface area (Å²) < 4.78 is 5.14. The van der Waals surface area contributed by atoms with Gasteiger partial charge in [0.2, 0.25) is 5.91 Å². The van der Waals surface area contributed by atoms with Crippen molar-refractivity contribution in [3.8, 4) is 5.75 Å². The molecule has 1 saturated carbocycles. The molecule has 0 bridgehead atoms. The van der Waals surface area contributed by atoms with Crippen LogP contribution in [0.2, 0.25) is 0 Å². The number of benzene rings is 1. The topological polar surface area (TPSA) is 66.8 Å². The number of amides is 1. The van der Waals surface area contributed by atoms with E-state index in [2.05, 4.69) is 0 Å². The molecule has 3 atom stereocenters. The summed E-state index contributed by atoms with van der Waals surface area (Å²) in [6.45, 7) is 1.05. The SMILES string of the molecule is COc1ccc(C2CC2C(=O)N2CCCC(C(=O)O)C2)cc1. The number of rotatable bonds is 4. The molecule has 5 nitrogen and oxygen atoms in total. The van der Waals surface area contributed by atoms with E-state index < -0.39 is 11.9 Å². The van der Waals surface area contributed by atoms with Crippen LogP contribution in [0.3, 0.4) is 0 Å². The van der Waals surface area contributed by atoms with E-state index in [1.54, 1.807) is 12.0 Å². The molecule has 3 rings (SSSR count). The number of carboxylic acid groups (broad SMARTS) is 1. The van der Waals surface area contributed by atoms with Crippen LogP contribution in [-0.2, 0) is 9.59 Å². The minimum atomic E-state index is -0.792. The molecule has 1 N–H and O–H groups in total. The largest absolute Gasteiger partial charge is 0.497 e. The second kappa shape index (κ2) is 5.99. The lowest BCUT2D eigenvalue weighted by atomic mass is 9.97. The number of aliphatic carboxylic acids is 1. The van der Waals surface area contributed by atoms with Gasteiger partial charge in [-0.2, -0.15) is 0 Å². The summed E-state index contributed by atoms with van der Waals surface area (Å²) in [6.07, 6.45) is 2.31. The van der Waals surface area contributed by atoms with Gasteiger partial charge >= 0.3 is 5.97 Å². The average Bonchev–Trinajstić information content (AvgIpc) is 3.35. The third-order valence-corrected chi connectivity index (χ3v) is 4.73. The number of hydrogen-bond acceptors (Lipinski definition) is 3. The molecular formula is C17H21NO4. The van der Waals surface area contributed by atoms with Gasteiger partial charge in [-0.15, -0.1) is 0 Å². The van der Waals surface area contributed by atoms with E-state index in [0.29, 0.717) is 19.5 Å². The minimum absolute atomic E-state index is 0.0148. The number of carbonyl (C=O) groups is 2. The normalized spacial score (nSPS) is 27.3. The van der Waals surface area contributed by atoms with Crippen molar-refractivity contribution in [2.45, 2.75) is 25.2 Å². The Morgan fingerprint density at radius 1 is 1.27 bits per heavy atom. The molecule has 2 aliphatic rings. The van der Waals surface area contributed by atoms with Crippen LogP contribution in [0.25, 0.3) is 0 Å². The molecule has 118 valence electrons. The lowest BCUT2D eigenvalue weighted by molar-refractivity contribution is -0.146. The Kier molecular flexibility index (Phi) is 4.05. The van der Waals surface area contributed by atoms with Crippen molar-refractivity contribution in [3.63, 3.8) is 0 Å². The average molecular weight is 303 g/mol. The van der Waals surface area contributed by atoms with E-state index in [-0.39, 0.29) is 17.7 Å². The predicted molar refractivity (Wildman–Crippen MR) is 80.8 cm³/mol. The van der Waals surface area contributed by atoms with Crippen molar-refractivity contribution in [3.05, 3.63) is 29.8 Å². The van der Waals surface area contributed by atoms with Crippen LogP contribution in [0.5, 0.6) is 5.75 Å². The fourth-order valence-electron chi connectivity index (χ4n) is 3.30. The zero-order valence-corrected chi connectivity index (χ0v) is 12.7. The molecule has 1 aromatic carbocycles. The van der Waals surface area contributed by atoms with Crippen molar-refractivity contribution in [1.82, 2.24) is 4.90 Å². The van der Waals surface area contributed by atoms with Crippen molar-refractivity contribution in [2.24, 2.45) is 11.8 Å². The third-order valence-electron chi connectivity index (χ3n) is 4.73. The summed E-state index contributed by atoms with van der Waals surface area (Å²) >= 11 is 0. The van der Waals surface area contributed by atoms with Crippen LogP contribution in [0, 0.1) is 11.8 Å². The Morgan fingerprint density at radius 3 is 2.64 bits per heavy atom. The van der Waals surface area contributed by atoms with E-state index in [9.17, 15) is 9.59 Å². The smallest absolute Gasteiger partial charge is 0.308 e. The first-order valence-electron chi connectivity index (χ1n) is 7.75. The Balaban J connectivity index is 1.61. The number of methoxy groups -OCH3 is 1. The molecular weight excluding hydrogens is 282 g/mol. The molecule has 1 saturated heterocycles. The molecule has 0 radical (unpaired) electrons. The molecule has 1 amide bonds. The number of likely N-dealkylation sites (tertiary alicyclic amines) is 1. The predicted octanol–water partition coefficient (Wildman–Crippen LogP) is 2.12. The van der Waals surface area contributed by atoms with Crippen LogP contribution in [-0.4, -0.2) is 42.1 Å². The molecule has 5 heteroatoms. The van der Waals surface area contributed by atoms with Gasteiger partial charge in [-0.25, -0.2) is 0 Å². The Morgan fingerprint density at radius 2 is 2.00 bits per heavy atom. The molecule has 1 aliphatic carbocycles. The Labute approximate surface area is 129 Å². The minimum Gasteiger partial charge on any atom is -0.497 e. The summed E-state index contributed by atoms with van der Waals surface area (Å²) in [4.78, 5) is 25.4. The van der Waals surface area contributed by atoms with Gasteiger partial charge in [0.1, 0.15) is 5.75 Å². The van der Waals surface area contributed by atoms with Crippen molar-refractivity contribution >= 4 is 11.9 Å². The van der Waals surface area contributed by atoms with Gasteiger partial charge in [0, 0.05) is 19.0 Å². The molecule has 0 spiro atoms. The first kappa shape index (κ1) is 14.9. The van der Waals surface area contributed by atoms with Gasteiger partial charge in [-0.1, -0.05) is 12.1 Å². The zero-order valence-electron chi connectivity index (χ0n) is 12.7. The molecule has 1 aromatic rings. The zero-order chi connectivity index (χ0) is 15.7. The molecule has 22 heavy (non-hydrogen) atoms. The number of ether oxygens (including phenoxy) is 1. The maximum Gasteiger partial charge on any atom is 0.308 e. The van der Waals surface area contributed by atoms with E-state index in [1.807, 2.05) is 24.3 Å². The first-order valence-corrected chi connectivity index (χ1v) is 7.75. The van der Waals surface area contributed by atoms with Gasteiger partial charge in [0.25, 0.3) is 0 Å². The molecule has 2 fully saturated rings. The van der Waals surface area contributed by atoms with Crippen LogP contribution < -0.4 is 4.74 Å². The highest BCUT2D eigenvalue weighted by atomic mass is 16.5. The lowest BCUT2D eigenvalue weighted by Crippen LogP contribution is -2.43. The van der Waals surface area contributed by atoms with Gasteiger partial charge in [-0.3, -0.25) is 9.59 Å². The van der Waals surface area contributed by atoms with Gasteiger partial charge in [0.05, 0.1) is 13.0 Å². The molecule has 1 heterocycles. The summed E-state index contributed by atoms with van der Waals surface area (Å²) in [5, 5.41) is 9.12. The van der Waals surface area contributed by atoms with E-state index >= 15 is 0 Å². The summed E-state index contributed by atoms with van der Waals surface area (Å²) in [5.74, 6) is 0.0137. The highest BCUT2D eigenvalue weighted by Gasteiger charge is 2.46. The number of piperidine rings is 1. The summed E-state index contributed by atoms with van der Waals surface area (Å²) in [5.41, 5.74) is 1.16. The molecule has 1 aliphatic heterocycles. The maximum atomic E-state index is 12.5. The van der Waals surface area contributed by atoms with E-state index in [0.717, 1.165) is 24.2 Å². The lowest BCUT2D eigenvalue weighted by Gasteiger charge is -2.31. The van der Waals surface area contributed by atoms with E-state index in [4.69, 9.17) is 9.84 Å².